The Kier molecular flexibility index (Phi) is 3.39. The van der Waals surface area contributed by atoms with Gasteiger partial charge in [0.2, 0.25) is 5.91 Å². The number of nitrogens with zero attached hydrogens (tertiary/aromatic N) is 1. The predicted molar refractivity (Wildman–Crippen MR) is 92.4 cm³/mol. The summed E-state index contributed by atoms with van der Waals surface area (Å²) in [5, 5.41) is 0.633. The number of carbonyl (C=O) groups excluding carboxylic acids is 2. The van der Waals surface area contributed by atoms with Gasteiger partial charge < -0.3 is 10.2 Å². The molecular formula is C19H14N2O4. The number of para-hydroxylation sites is 2. The number of rotatable bonds is 2. The predicted octanol–water partition coefficient (Wildman–Crippen LogP) is 1.85. The van der Waals surface area contributed by atoms with E-state index in [1.165, 1.54) is 11.0 Å². The van der Waals surface area contributed by atoms with Gasteiger partial charge in [-0.3, -0.25) is 14.5 Å². The van der Waals surface area contributed by atoms with Crippen LogP contribution in [0.1, 0.15) is 15.9 Å². The number of hydrogen-bond acceptors (Lipinski definition) is 4. The van der Waals surface area contributed by atoms with Gasteiger partial charge in [0, 0.05) is 17.5 Å². The number of fused-ring (bicyclic) bond motifs is 2. The molecule has 1 aromatic heterocycles. The van der Waals surface area contributed by atoms with Gasteiger partial charge in [-0.25, -0.2) is 4.79 Å². The summed E-state index contributed by atoms with van der Waals surface area (Å²) in [4.78, 5) is 38.5. The van der Waals surface area contributed by atoms with Crippen LogP contribution in [-0.2, 0) is 11.2 Å². The van der Waals surface area contributed by atoms with E-state index < -0.39 is 23.5 Å². The molecule has 3 aromatic rings. The Morgan fingerprint density at radius 1 is 1.08 bits per heavy atom. The summed E-state index contributed by atoms with van der Waals surface area (Å²) in [5.74, 6) is -1.21. The number of nitrogens with two attached hydrogens (primary N) is 1. The fourth-order valence-electron chi connectivity index (χ4n) is 3.21. The molecule has 6 heteroatoms. The van der Waals surface area contributed by atoms with Crippen LogP contribution >= 0.6 is 0 Å². The van der Waals surface area contributed by atoms with E-state index in [1.54, 1.807) is 36.4 Å². The third kappa shape index (κ3) is 2.39. The van der Waals surface area contributed by atoms with E-state index in [1.807, 2.05) is 12.1 Å². The molecule has 0 radical (unpaired) electrons. The van der Waals surface area contributed by atoms with E-state index in [0.717, 1.165) is 5.56 Å². The zero-order chi connectivity index (χ0) is 17.6. The molecule has 1 atom stereocenters. The second-order valence-electron chi connectivity index (χ2n) is 5.91. The van der Waals surface area contributed by atoms with Gasteiger partial charge in [0.1, 0.15) is 17.2 Å². The molecule has 2 aromatic carbocycles. The average molecular weight is 334 g/mol. The summed E-state index contributed by atoms with van der Waals surface area (Å²) in [6.07, 6.45) is 0.330. The largest absolute Gasteiger partial charge is 0.422 e. The second kappa shape index (κ2) is 5.59. The van der Waals surface area contributed by atoms with Crippen molar-refractivity contribution in [1.29, 1.82) is 0 Å². The number of primary amides is 1. The fourth-order valence-corrected chi connectivity index (χ4v) is 3.21. The number of benzene rings is 2. The van der Waals surface area contributed by atoms with Gasteiger partial charge in [-0.15, -0.1) is 0 Å². The van der Waals surface area contributed by atoms with Crippen molar-refractivity contribution in [2.75, 3.05) is 4.90 Å². The molecule has 124 valence electrons. The molecule has 2 amide bonds. The summed E-state index contributed by atoms with van der Waals surface area (Å²) in [5.41, 5.74) is 6.44. The highest BCUT2D eigenvalue weighted by Gasteiger charge is 2.38. The maximum absolute atomic E-state index is 13.0. The van der Waals surface area contributed by atoms with E-state index in [0.29, 0.717) is 23.1 Å². The highest BCUT2D eigenvalue weighted by atomic mass is 16.4. The van der Waals surface area contributed by atoms with Crippen molar-refractivity contribution in [3.63, 3.8) is 0 Å². The van der Waals surface area contributed by atoms with E-state index >= 15 is 0 Å². The topological polar surface area (TPSA) is 93.6 Å². The van der Waals surface area contributed by atoms with Crippen LogP contribution in [0.2, 0.25) is 0 Å². The summed E-state index contributed by atoms with van der Waals surface area (Å²) in [6, 6.07) is 14.8. The molecule has 6 nitrogen and oxygen atoms in total. The highest BCUT2D eigenvalue weighted by Crippen LogP contribution is 2.33. The van der Waals surface area contributed by atoms with Gasteiger partial charge in [0.25, 0.3) is 5.91 Å². The van der Waals surface area contributed by atoms with Gasteiger partial charge in [0.15, 0.2) is 0 Å². The first-order valence-corrected chi connectivity index (χ1v) is 7.80. The molecule has 25 heavy (non-hydrogen) atoms. The van der Waals surface area contributed by atoms with Gasteiger partial charge in [-0.1, -0.05) is 36.4 Å². The molecular weight excluding hydrogens is 320 g/mol. The Morgan fingerprint density at radius 2 is 1.80 bits per heavy atom. The fraction of sp³-hybridized carbons (Fsp3) is 0.105. The minimum absolute atomic E-state index is 0.123. The Morgan fingerprint density at radius 3 is 2.60 bits per heavy atom. The van der Waals surface area contributed by atoms with Crippen LogP contribution in [0.25, 0.3) is 11.0 Å². The van der Waals surface area contributed by atoms with Crippen LogP contribution in [0.3, 0.4) is 0 Å². The van der Waals surface area contributed by atoms with Crippen molar-refractivity contribution in [3.8, 4) is 0 Å². The zero-order valence-corrected chi connectivity index (χ0v) is 13.1. The molecule has 2 heterocycles. The lowest BCUT2D eigenvalue weighted by Gasteiger charge is -2.23. The standard InChI is InChI=1S/C19H14N2O4/c20-17(22)15-10-11-5-1-3-7-14(11)21(15)18(23)13-9-12-6-2-4-8-16(12)25-19(13)24/h1-9,15H,10H2,(H2,20,22). The minimum Gasteiger partial charge on any atom is -0.422 e. The number of amides is 2. The van der Waals surface area contributed by atoms with Crippen molar-refractivity contribution in [3.05, 3.63) is 76.1 Å². The van der Waals surface area contributed by atoms with Crippen LogP contribution in [0, 0.1) is 0 Å². The molecule has 0 fully saturated rings. The lowest BCUT2D eigenvalue weighted by atomic mass is 10.1. The Hall–Kier alpha value is -3.41. The first-order chi connectivity index (χ1) is 12.1. The third-order valence-corrected chi connectivity index (χ3v) is 4.40. The average Bonchev–Trinajstić information content (AvgIpc) is 3.00. The SMILES string of the molecule is NC(=O)C1Cc2ccccc2N1C(=O)c1cc2ccccc2oc1=O. The number of anilines is 1. The quantitative estimate of drug-likeness (QED) is 0.724. The monoisotopic (exact) mass is 334 g/mol. The van der Waals surface area contributed by atoms with E-state index in [-0.39, 0.29) is 5.56 Å². The Balaban J connectivity index is 1.86. The van der Waals surface area contributed by atoms with E-state index in [2.05, 4.69) is 0 Å². The summed E-state index contributed by atoms with van der Waals surface area (Å²) in [7, 11) is 0. The van der Waals surface area contributed by atoms with Gasteiger partial charge >= 0.3 is 5.63 Å². The summed E-state index contributed by atoms with van der Waals surface area (Å²) < 4.78 is 5.24. The third-order valence-electron chi connectivity index (χ3n) is 4.40. The van der Waals surface area contributed by atoms with Crippen LogP contribution in [0.4, 0.5) is 5.69 Å². The molecule has 0 saturated heterocycles. The van der Waals surface area contributed by atoms with Crippen molar-refractivity contribution in [2.45, 2.75) is 12.5 Å². The normalized spacial score (nSPS) is 16.0. The van der Waals surface area contributed by atoms with Crippen LogP contribution < -0.4 is 16.3 Å². The maximum Gasteiger partial charge on any atom is 0.349 e. The minimum atomic E-state index is -0.823. The first kappa shape index (κ1) is 15.1. The highest BCUT2D eigenvalue weighted by molar-refractivity contribution is 6.12. The first-order valence-electron chi connectivity index (χ1n) is 7.80. The molecule has 4 rings (SSSR count). The molecule has 1 unspecified atom stereocenters. The van der Waals surface area contributed by atoms with E-state index in [9.17, 15) is 14.4 Å². The van der Waals surface area contributed by atoms with Gasteiger partial charge in [-0.2, -0.15) is 0 Å². The molecule has 1 aliphatic rings. The van der Waals surface area contributed by atoms with Gasteiger partial charge in [-0.05, 0) is 23.8 Å². The van der Waals surface area contributed by atoms with Crippen LogP contribution in [0.5, 0.6) is 0 Å². The van der Waals surface area contributed by atoms with Crippen molar-refractivity contribution >= 4 is 28.5 Å². The second-order valence-corrected chi connectivity index (χ2v) is 5.91. The maximum atomic E-state index is 13.0. The number of hydrogen-bond donors (Lipinski definition) is 1. The summed E-state index contributed by atoms with van der Waals surface area (Å²) in [6.45, 7) is 0. The molecule has 0 bridgehead atoms. The Labute approximate surface area is 142 Å². The lowest BCUT2D eigenvalue weighted by molar-refractivity contribution is -0.119. The van der Waals surface area contributed by atoms with Crippen LogP contribution in [0.15, 0.2) is 63.8 Å². The van der Waals surface area contributed by atoms with Gasteiger partial charge in [0.05, 0.1) is 0 Å². The van der Waals surface area contributed by atoms with Crippen LogP contribution in [-0.4, -0.2) is 17.9 Å². The smallest absolute Gasteiger partial charge is 0.349 e. The lowest BCUT2D eigenvalue weighted by Crippen LogP contribution is -2.47. The summed E-state index contributed by atoms with van der Waals surface area (Å²) >= 11 is 0. The molecule has 2 N–H and O–H groups in total. The van der Waals surface area contributed by atoms with Crippen molar-refractivity contribution in [2.24, 2.45) is 5.73 Å². The van der Waals surface area contributed by atoms with E-state index in [4.69, 9.17) is 10.2 Å². The molecule has 0 saturated carbocycles. The molecule has 0 spiro atoms. The van der Waals surface area contributed by atoms with Crippen molar-refractivity contribution < 1.29 is 14.0 Å². The molecule has 0 aliphatic carbocycles. The molecule has 1 aliphatic heterocycles. The Bertz CT molecular complexity index is 1070. The van der Waals surface area contributed by atoms with Crippen molar-refractivity contribution in [1.82, 2.24) is 0 Å². The number of carbonyl (C=O) groups is 2. The zero-order valence-electron chi connectivity index (χ0n) is 13.1.